The number of carboxylic acids is 1. The number of hydrogen-bond donors (Lipinski definition) is 3. The highest BCUT2D eigenvalue weighted by Crippen LogP contribution is 2.03. The van der Waals surface area contributed by atoms with Gasteiger partial charge in [0.1, 0.15) is 6.04 Å². The van der Waals surface area contributed by atoms with Crippen LogP contribution in [0.1, 0.15) is 20.3 Å². The molecule has 0 saturated heterocycles. The number of hydrogen-bond acceptors (Lipinski definition) is 4. The second-order valence-electron chi connectivity index (χ2n) is 3.79. The Morgan fingerprint density at radius 1 is 1.41 bits per heavy atom. The van der Waals surface area contributed by atoms with Crippen molar-refractivity contribution in [3.8, 4) is 0 Å². The van der Waals surface area contributed by atoms with E-state index in [1.807, 2.05) is 4.72 Å². The van der Waals surface area contributed by atoms with Crippen LogP contribution >= 0.6 is 0 Å². The summed E-state index contributed by atoms with van der Waals surface area (Å²) in [5.41, 5.74) is 4.84. The maximum atomic E-state index is 11.7. The largest absolute Gasteiger partial charge is 0.480 e. The summed E-state index contributed by atoms with van der Waals surface area (Å²) in [4.78, 5) is 21.4. The predicted octanol–water partition coefficient (Wildman–Crippen LogP) is -1.51. The first-order valence-corrected chi connectivity index (χ1v) is 6.28. The summed E-state index contributed by atoms with van der Waals surface area (Å²) in [5.74, 6) is -2.35. The molecule has 0 rings (SSSR count). The van der Waals surface area contributed by atoms with Crippen molar-refractivity contribution in [3.05, 3.63) is 0 Å². The van der Waals surface area contributed by atoms with E-state index in [0.29, 0.717) is 0 Å². The number of rotatable bonds is 7. The molecule has 100 valence electrons. The minimum Gasteiger partial charge on any atom is -0.480 e. The SMILES string of the molecule is CC(C)N(C)S(=O)(=O)NC(CC(N)=O)C(=O)O. The summed E-state index contributed by atoms with van der Waals surface area (Å²) in [7, 11) is -2.65. The van der Waals surface area contributed by atoms with Gasteiger partial charge in [-0.25, -0.2) is 0 Å². The summed E-state index contributed by atoms with van der Waals surface area (Å²) < 4.78 is 26.2. The highest BCUT2D eigenvalue weighted by Gasteiger charge is 2.29. The smallest absolute Gasteiger partial charge is 0.322 e. The third kappa shape index (κ3) is 5.11. The first kappa shape index (κ1) is 15.8. The van der Waals surface area contributed by atoms with Crippen LogP contribution in [0.2, 0.25) is 0 Å². The van der Waals surface area contributed by atoms with Crippen molar-refractivity contribution in [1.29, 1.82) is 0 Å². The molecular weight excluding hydrogens is 250 g/mol. The molecule has 0 aliphatic rings. The lowest BCUT2D eigenvalue weighted by Crippen LogP contribution is -2.50. The average Bonchev–Trinajstić information content (AvgIpc) is 2.14. The number of aliphatic carboxylic acids is 1. The Morgan fingerprint density at radius 2 is 1.88 bits per heavy atom. The molecule has 0 saturated carbocycles. The normalized spacial score (nSPS) is 13.9. The number of nitrogens with two attached hydrogens (primary N) is 1. The summed E-state index contributed by atoms with van der Waals surface area (Å²) in [6, 6.07) is -1.89. The van der Waals surface area contributed by atoms with Crippen LogP contribution in [-0.4, -0.2) is 48.8 Å². The Hall–Kier alpha value is -1.19. The second kappa shape index (κ2) is 5.94. The van der Waals surface area contributed by atoms with E-state index in [2.05, 4.69) is 0 Å². The van der Waals surface area contributed by atoms with Crippen LogP contribution in [-0.2, 0) is 19.8 Å². The molecule has 1 unspecified atom stereocenters. The number of nitrogens with zero attached hydrogens (tertiary/aromatic N) is 1. The molecule has 9 heteroatoms. The summed E-state index contributed by atoms with van der Waals surface area (Å²) in [6.07, 6.45) is -0.597. The fourth-order valence-electron chi connectivity index (χ4n) is 0.921. The van der Waals surface area contributed by atoms with Crippen molar-refractivity contribution in [1.82, 2.24) is 9.03 Å². The zero-order chi connectivity index (χ0) is 13.8. The summed E-state index contributed by atoms with van der Waals surface area (Å²) in [5, 5.41) is 8.75. The van der Waals surface area contributed by atoms with Gasteiger partial charge in [-0.1, -0.05) is 0 Å². The monoisotopic (exact) mass is 267 g/mol. The molecule has 0 aromatic heterocycles. The maximum absolute atomic E-state index is 11.7. The van der Waals surface area contributed by atoms with E-state index in [9.17, 15) is 18.0 Å². The molecule has 8 nitrogen and oxygen atoms in total. The van der Waals surface area contributed by atoms with Crippen LogP contribution in [0.25, 0.3) is 0 Å². The quantitative estimate of drug-likeness (QED) is 0.516. The summed E-state index contributed by atoms with van der Waals surface area (Å²) >= 11 is 0. The van der Waals surface area contributed by atoms with Crippen LogP contribution in [0.3, 0.4) is 0 Å². The van der Waals surface area contributed by atoms with E-state index in [4.69, 9.17) is 10.8 Å². The van der Waals surface area contributed by atoms with Gasteiger partial charge < -0.3 is 10.8 Å². The lowest BCUT2D eigenvalue weighted by atomic mass is 10.2. The molecule has 0 aromatic carbocycles. The van der Waals surface area contributed by atoms with Crippen molar-refractivity contribution >= 4 is 22.1 Å². The fourth-order valence-corrected chi connectivity index (χ4v) is 2.19. The van der Waals surface area contributed by atoms with E-state index in [1.165, 1.54) is 7.05 Å². The van der Waals surface area contributed by atoms with Gasteiger partial charge in [0.25, 0.3) is 10.2 Å². The fraction of sp³-hybridized carbons (Fsp3) is 0.750. The molecule has 0 aromatic rings. The topological polar surface area (TPSA) is 130 Å². The molecule has 1 atom stereocenters. The Labute approximate surface area is 100.0 Å². The molecule has 0 bridgehead atoms. The first-order valence-electron chi connectivity index (χ1n) is 4.84. The van der Waals surface area contributed by atoms with Gasteiger partial charge in [-0.2, -0.15) is 17.4 Å². The standard InChI is InChI=1S/C8H17N3O5S/c1-5(2)11(3)17(15,16)10-6(8(13)14)4-7(9)12/h5-6,10H,4H2,1-3H3,(H2,9,12)(H,13,14). The zero-order valence-electron chi connectivity index (χ0n) is 9.87. The Balaban J connectivity index is 4.88. The molecule has 1 amide bonds. The molecule has 0 spiro atoms. The van der Waals surface area contributed by atoms with Crippen LogP contribution in [0.15, 0.2) is 0 Å². The Morgan fingerprint density at radius 3 is 2.18 bits per heavy atom. The van der Waals surface area contributed by atoms with Gasteiger partial charge in [-0.05, 0) is 13.8 Å². The number of carbonyl (C=O) groups excluding carboxylic acids is 1. The van der Waals surface area contributed by atoms with Gasteiger partial charge in [-0.15, -0.1) is 0 Å². The van der Waals surface area contributed by atoms with E-state index in [1.54, 1.807) is 13.8 Å². The van der Waals surface area contributed by atoms with E-state index < -0.39 is 34.5 Å². The van der Waals surface area contributed by atoms with E-state index >= 15 is 0 Å². The van der Waals surface area contributed by atoms with Gasteiger partial charge in [-0.3, -0.25) is 9.59 Å². The number of nitrogens with one attached hydrogen (secondary N) is 1. The average molecular weight is 267 g/mol. The van der Waals surface area contributed by atoms with Crippen molar-refractivity contribution in [2.45, 2.75) is 32.4 Å². The molecular formula is C8H17N3O5S. The van der Waals surface area contributed by atoms with Gasteiger partial charge >= 0.3 is 5.97 Å². The van der Waals surface area contributed by atoms with Crippen molar-refractivity contribution in [2.24, 2.45) is 5.73 Å². The van der Waals surface area contributed by atoms with Crippen LogP contribution in [0.5, 0.6) is 0 Å². The highest BCUT2D eigenvalue weighted by atomic mass is 32.2. The third-order valence-corrected chi connectivity index (χ3v) is 3.86. The molecule has 17 heavy (non-hydrogen) atoms. The minimum atomic E-state index is -3.95. The van der Waals surface area contributed by atoms with E-state index in [-0.39, 0.29) is 6.04 Å². The van der Waals surface area contributed by atoms with Crippen LogP contribution in [0.4, 0.5) is 0 Å². The highest BCUT2D eigenvalue weighted by molar-refractivity contribution is 7.87. The number of primary amides is 1. The molecule has 4 N–H and O–H groups in total. The van der Waals surface area contributed by atoms with E-state index in [0.717, 1.165) is 4.31 Å². The minimum absolute atomic E-state index is 0.337. The summed E-state index contributed by atoms with van der Waals surface area (Å²) in [6.45, 7) is 3.26. The molecule has 0 aliphatic heterocycles. The molecule has 0 radical (unpaired) electrons. The molecule has 0 fully saturated rings. The first-order chi connectivity index (χ1) is 7.58. The van der Waals surface area contributed by atoms with Crippen molar-refractivity contribution in [2.75, 3.05) is 7.05 Å². The number of carboxylic acid groups (broad SMARTS) is 1. The predicted molar refractivity (Wildman–Crippen MR) is 60.2 cm³/mol. The maximum Gasteiger partial charge on any atom is 0.322 e. The molecule has 0 aliphatic carbocycles. The van der Waals surface area contributed by atoms with Gasteiger partial charge in [0, 0.05) is 13.1 Å². The lowest BCUT2D eigenvalue weighted by molar-refractivity contribution is -0.140. The van der Waals surface area contributed by atoms with Crippen molar-refractivity contribution in [3.63, 3.8) is 0 Å². The Bertz CT molecular complexity index is 392. The van der Waals surface area contributed by atoms with Crippen LogP contribution < -0.4 is 10.5 Å². The number of amides is 1. The van der Waals surface area contributed by atoms with Crippen molar-refractivity contribution < 1.29 is 23.1 Å². The number of carbonyl (C=O) groups is 2. The van der Waals surface area contributed by atoms with Gasteiger partial charge in [0.05, 0.1) is 6.42 Å². The zero-order valence-corrected chi connectivity index (χ0v) is 10.7. The molecule has 0 heterocycles. The van der Waals surface area contributed by atoms with Crippen LogP contribution in [0, 0.1) is 0 Å². The Kier molecular flexibility index (Phi) is 5.52. The van der Waals surface area contributed by atoms with Gasteiger partial charge in [0.15, 0.2) is 0 Å². The third-order valence-electron chi connectivity index (χ3n) is 2.10. The second-order valence-corrected chi connectivity index (χ2v) is 5.56. The van der Waals surface area contributed by atoms with Gasteiger partial charge in [0.2, 0.25) is 5.91 Å². The lowest BCUT2D eigenvalue weighted by Gasteiger charge is -2.23.